The molecule has 0 radical (unpaired) electrons. The first kappa shape index (κ1) is 21.6. The largest absolute Gasteiger partial charge is 0.493 e. The van der Waals surface area contributed by atoms with Crippen LogP contribution in [0.3, 0.4) is 0 Å². The van der Waals surface area contributed by atoms with Crippen molar-refractivity contribution in [2.75, 3.05) is 20.2 Å². The van der Waals surface area contributed by atoms with Gasteiger partial charge < -0.3 is 14.8 Å². The molecule has 9 heteroatoms. The van der Waals surface area contributed by atoms with Crippen LogP contribution in [0, 0.1) is 5.82 Å². The van der Waals surface area contributed by atoms with E-state index in [4.69, 9.17) is 9.47 Å². The van der Waals surface area contributed by atoms with Gasteiger partial charge in [0, 0.05) is 20.0 Å². The Hall–Kier alpha value is -2.65. The number of carbonyl (C=O) groups excluding carboxylic acids is 1. The van der Waals surface area contributed by atoms with Crippen LogP contribution in [0.5, 0.6) is 17.2 Å². The maximum Gasteiger partial charge on any atom is 0.244 e. The molecule has 0 aliphatic heterocycles. The van der Waals surface area contributed by atoms with Crippen LogP contribution in [0.1, 0.15) is 19.4 Å². The second kappa shape index (κ2) is 9.52. The van der Waals surface area contributed by atoms with Crippen molar-refractivity contribution in [3.8, 4) is 17.2 Å². The SMILES string of the molecule is CCc1ccc(Oc2c(F)cccc2S(=O)(=O)NCCNC(C)=O)c(OC)c1. The van der Waals surface area contributed by atoms with Crippen LogP contribution in [-0.2, 0) is 21.2 Å². The second-order valence-electron chi connectivity index (χ2n) is 5.89. The molecule has 0 saturated heterocycles. The highest BCUT2D eigenvalue weighted by atomic mass is 32.2. The summed E-state index contributed by atoms with van der Waals surface area (Å²) in [6, 6.07) is 8.77. The molecule has 0 unspecified atom stereocenters. The van der Waals surface area contributed by atoms with E-state index in [9.17, 15) is 17.6 Å². The summed E-state index contributed by atoms with van der Waals surface area (Å²) in [4.78, 5) is 10.5. The first-order chi connectivity index (χ1) is 13.3. The van der Waals surface area contributed by atoms with Crippen molar-refractivity contribution in [3.63, 3.8) is 0 Å². The highest BCUT2D eigenvalue weighted by Gasteiger charge is 2.23. The molecule has 0 atom stereocenters. The van der Waals surface area contributed by atoms with E-state index in [1.807, 2.05) is 6.92 Å². The van der Waals surface area contributed by atoms with Crippen LogP contribution in [0.4, 0.5) is 4.39 Å². The molecular weight excluding hydrogens is 387 g/mol. The fraction of sp³-hybridized carbons (Fsp3) is 0.316. The van der Waals surface area contributed by atoms with Crippen molar-refractivity contribution < 1.29 is 27.1 Å². The van der Waals surface area contributed by atoms with E-state index < -0.39 is 21.6 Å². The highest BCUT2D eigenvalue weighted by molar-refractivity contribution is 7.89. The van der Waals surface area contributed by atoms with Crippen molar-refractivity contribution >= 4 is 15.9 Å². The lowest BCUT2D eigenvalue weighted by molar-refractivity contribution is -0.118. The normalized spacial score (nSPS) is 11.1. The predicted octanol–water partition coefficient (Wildman–Crippen LogP) is 2.60. The van der Waals surface area contributed by atoms with E-state index in [1.165, 1.54) is 26.2 Å². The maximum atomic E-state index is 14.4. The topological polar surface area (TPSA) is 93.7 Å². The van der Waals surface area contributed by atoms with Gasteiger partial charge in [-0.15, -0.1) is 0 Å². The van der Waals surface area contributed by atoms with Crippen molar-refractivity contribution in [1.29, 1.82) is 0 Å². The first-order valence-corrected chi connectivity index (χ1v) is 10.1. The Morgan fingerprint density at radius 1 is 1.14 bits per heavy atom. The number of nitrogens with one attached hydrogen (secondary N) is 2. The summed E-state index contributed by atoms with van der Waals surface area (Å²) in [6.07, 6.45) is 0.772. The van der Waals surface area contributed by atoms with Crippen LogP contribution in [0.25, 0.3) is 0 Å². The van der Waals surface area contributed by atoms with Gasteiger partial charge in [-0.3, -0.25) is 4.79 Å². The molecule has 0 saturated carbocycles. The maximum absolute atomic E-state index is 14.4. The van der Waals surface area contributed by atoms with E-state index in [1.54, 1.807) is 18.2 Å². The first-order valence-electron chi connectivity index (χ1n) is 8.66. The summed E-state index contributed by atoms with van der Waals surface area (Å²) in [6.45, 7) is 3.35. The molecule has 0 heterocycles. The van der Waals surface area contributed by atoms with Crippen molar-refractivity contribution in [2.45, 2.75) is 25.2 Å². The molecule has 0 aliphatic rings. The number of carbonyl (C=O) groups is 1. The number of methoxy groups -OCH3 is 1. The van der Waals surface area contributed by atoms with Crippen LogP contribution >= 0.6 is 0 Å². The Bertz CT molecular complexity index is 947. The lowest BCUT2D eigenvalue weighted by Crippen LogP contribution is -2.33. The number of para-hydroxylation sites is 1. The highest BCUT2D eigenvalue weighted by Crippen LogP contribution is 2.36. The molecule has 28 heavy (non-hydrogen) atoms. The Morgan fingerprint density at radius 3 is 2.54 bits per heavy atom. The molecule has 2 rings (SSSR count). The summed E-state index contributed by atoms with van der Waals surface area (Å²) >= 11 is 0. The molecule has 0 fully saturated rings. The third-order valence-corrected chi connectivity index (χ3v) is 5.34. The van der Waals surface area contributed by atoms with Gasteiger partial charge in [0.2, 0.25) is 15.9 Å². The van der Waals surface area contributed by atoms with Gasteiger partial charge in [0.1, 0.15) is 4.90 Å². The molecule has 0 aliphatic carbocycles. The molecule has 0 spiro atoms. The molecule has 1 amide bonds. The zero-order chi connectivity index (χ0) is 20.7. The molecule has 2 aromatic carbocycles. The summed E-state index contributed by atoms with van der Waals surface area (Å²) in [5, 5.41) is 2.47. The fourth-order valence-electron chi connectivity index (χ4n) is 2.43. The van der Waals surface area contributed by atoms with E-state index in [2.05, 4.69) is 10.0 Å². The average molecular weight is 410 g/mol. The monoisotopic (exact) mass is 410 g/mol. The Labute approximate surface area is 163 Å². The second-order valence-corrected chi connectivity index (χ2v) is 7.62. The molecule has 2 aromatic rings. The molecule has 152 valence electrons. The number of amides is 1. The minimum Gasteiger partial charge on any atom is -0.493 e. The van der Waals surface area contributed by atoms with Crippen molar-refractivity contribution in [3.05, 3.63) is 47.8 Å². The standard InChI is InChI=1S/C19H23FN2O5S/c1-4-14-8-9-16(17(12-14)26-3)27-19-15(20)6-5-7-18(19)28(24,25)22-11-10-21-13(2)23/h5-9,12,22H,4,10-11H2,1-3H3,(H,21,23). The summed E-state index contributed by atoms with van der Waals surface area (Å²) in [5.41, 5.74) is 0.991. The van der Waals surface area contributed by atoms with E-state index in [0.717, 1.165) is 18.1 Å². The summed E-state index contributed by atoms with van der Waals surface area (Å²) in [7, 11) is -2.62. The van der Waals surface area contributed by atoms with Gasteiger partial charge in [-0.1, -0.05) is 19.1 Å². The van der Waals surface area contributed by atoms with Crippen molar-refractivity contribution in [1.82, 2.24) is 10.0 Å². The minimum atomic E-state index is -4.07. The summed E-state index contributed by atoms with van der Waals surface area (Å²) < 4.78 is 52.8. The average Bonchev–Trinajstić information content (AvgIpc) is 2.66. The van der Waals surface area contributed by atoms with Gasteiger partial charge in [-0.25, -0.2) is 17.5 Å². The van der Waals surface area contributed by atoms with Gasteiger partial charge in [0.05, 0.1) is 7.11 Å². The van der Waals surface area contributed by atoms with Gasteiger partial charge in [-0.2, -0.15) is 0 Å². The van der Waals surface area contributed by atoms with Crippen LogP contribution < -0.4 is 19.5 Å². The van der Waals surface area contributed by atoms with Crippen molar-refractivity contribution in [2.24, 2.45) is 0 Å². The molecule has 2 N–H and O–H groups in total. The molecule has 0 aromatic heterocycles. The van der Waals surface area contributed by atoms with E-state index in [0.29, 0.717) is 5.75 Å². The number of hydrogen-bond donors (Lipinski definition) is 2. The van der Waals surface area contributed by atoms with Gasteiger partial charge in [-0.05, 0) is 36.2 Å². The third kappa shape index (κ3) is 5.43. The predicted molar refractivity (Wildman–Crippen MR) is 103 cm³/mol. The van der Waals surface area contributed by atoms with Gasteiger partial charge >= 0.3 is 0 Å². The van der Waals surface area contributed by atoms with Gasteiger partial charge in [0.15, 0.2) is 23.1 Å². The van der Waals surface area contributed by atoms with Crippen LogP contribution in [0.15, 0.2) is 41.3 Å². The van der Waals surface area contributed by atoms with Gasteiger partial charge in [0.25, 0.3) is 0 Å². The Kier molecular flexibility index (Phi) is 7.36. The van der Waals surface area contributed by atoms with E-state index >= 15 is 0 Å². The molecule has 7 nitrogen and oxygen atoms in total. The Morgan fingerprint density at radius 2 is 1.89 bits per heavy atom. The zero-order valence-corrected chi connectivity index (χ0v) is 16.7. The van der Waals surface area contributed by atoms with Crippen LogP contribution in [-0.4, -0.2) is 34.5 Å². The quantitative estimate of drug-likeness (QED) is 0.620. The number of benzene rings is 2. The lowest BCUT2D eigenvalue weighted by atomic mass is 10.1. The smallest absolute Gasteiger partial charge is 0.244 e. The number of ether oxygens (including phenoxy) is 2. The molecular formula is C19H23FN2O5S. The van der Waals surface area contributed by atoms with Crippen LogP contribution in [0.2, 0.25) is 0 Å². The molecule has 0 bridgehead atoms. The van der Waals surface area contributed by atoms with E-state index in [-0.39, 0.29) is 29.6 Å². The third-order valence-electron chi connectivity index (χ3n) is 3.86. The number of rotatable bonds is 9. The number of halogens is 1. The number of aryl methyl sites for hydroxylation is 1. The number of hydrogen-bond acceptors (Lipinski definition) is 5. The number of sulfonamides is 1. The lowest BCUT2D eigenvalue weighted by Gasteiger charge is -2.15. The Balaban J connectivity index is 2.33. The summed E-state index contributed by atoms with van der Waals surface area (Å²) in [5.74, 6) is -0.982. The minimum absolute atomic E-state index is 0.0492. The fourth-order valence-corrected chi connectivity index (χ4v) is 3.59. The zero-order valence-electron chi connectivity index (χ0n) is 15.9.